The summed E-state index contributed by atoms with van der Waals surface area (Å²) in [5, 5.41) is 9.82. The average Bonchev–Trinajstić information content (AvgIpc) is 2.38. The van der Waals surface area contributed by atoms with Crippen LogP contribution in [0.5, 0.6) is 0 Å². The summed E-state index contributed by atoms with van der Waals surface area (Å²) in [4.78, 5) is 15.2. The van der Waals surface area contributed by atoms with Crippen LogP contribution in [0.3, 0.4) is 0 Å². The number of hydrogen-bond donors (Lipinski definition) is 1. The fraction of sp³-hybridized carbons (Fsp3) is 0.533. The largest absolute Gasteiger partial charge is 0.389 e. The molecule has 4 nitrogen and oxygen atoms in total. The van der Waals surface area contributed by atoms with Gasteiger partial charge in [0.2, 0.25) is 5.91 Å². The summed E-state index contributed by atoms with van der Waals surface area (Å²) in [6.07, 6.45) is -0.788. The number of anilines is 1. The van der Waals surface area contributed by atoms with Gasteiger partial charge in [0.25, 0.3) is 0 Å². The molecular weight excluding hydrogens is 259 g/mol. The molecule has 0 bridgehead atoms. The summed E-state index contributed by atoms with van der Waals surface area (Å²) in [5.74, 6) is -0.384. The topological polar surface area (TPSA) is 43.8 Å². The lowest BCUT2D eigenvalue weighted by molar-refractivity contribution is -0.127. The van der Waals surface area contributed by atoms with Crippen molar-refractivity contribution in [2.45, 2.75) is 26.9 Å². The van der Waals surface area contributed by atoms with E-state index in [1.165, 1.54) is 11.0 Å². The number of hydrogen-bond acceptors (Lipinski definition) is 3. The van der Waals surface area contributed by atoms with Crippen LogP contribution in [-0.2, 0) is 4.79 Å². The molecule has 1 rings (SSSR count). The van der Waals surface area contributed by atoms with Gasteiger partial charge in [0.05, 0.1) is 12.6 Å². The molecule has 1 N–H and O–H groups in total. The van der Waals surface area contributed by atoms with E-state index in [0.717, 1.165) is 0 Å². The van der Waals surface area contributed by atoms with Crippen molar-refractivity contribution in [1.82, 2.24) is 4.90 Å². The van der Waals surface area contributed by atoms with Crippen LogP contribution in [0.1, 0.15) is 31.1 Å². The first-order valence-electron chi connectivity index (χ1n) is 6.71. The molecule has 112 valence electrons. The Bertz CT molecular complexity index is 487. The summed E-state index contributed by atoms with van der Waals surface area (Å²) in [7, 11) is 3.39. The highest BCUT2D eigenvalue weighted by atomic mass is 19.1. The summed E-state index contributed by atoms with van der Waals surface area (Å²) in [6, 6.07) is 3.03. The fourth-order valence-corrected chi connectivity index (χ4v) is 1.96. The highest BCUT2D eigenvalue weighted by Gasteiger charge is 2.18. The Hall–Kier alpha value is -1.62. The summed E-state index contributed by atoms with van der Waals surface area (Å²) < 4.78 is 13.7. The number of amides is 1. The van der Waals surface area contributed by atoms with E-state index >= 15 is 0 Å². The van der Waals surface area contributed by atoms with E-state index in [2.05, 4.69) is 0 Å². The van der Waals surface area contributed by atoms with E-state index in [1.54, 1.807) is 34.0 Å². The fourth-order valence-electron chi connectivity index (χ4n) is 1.96. The number of aliphatic hydroxyl groups excluding tert-OH is 1. The normalized spacial score (nSPS) is 12.2. The van der Waals surface area contributed by atoms with Crippen molar-refractivity contribution >= 4 is 11.6 Å². The minimum absolute atomic E-state index is 0.0367. The zero-order valence-electron chi connectivity index (χ0n) is 12.8. The first-order valence-corrected chi connectivity index (χ1v) is 6.71. The van der Waals surface area contributed by atoms with Crippen LogP contribution in [0.2, 0.25) is 0 Å². The molecule has 0 aliphatic rings. The van der Waals surface area contributed by atoms with Crippen LogP contribution in [0, 0.1) is 12.7 Å². The summed E-state index contributed by atoms with van der Waals surface area (Å²) >= 11 is 0. The molecule has 0 radical (unpaired) electrons. The Morgan fingerprint density at radius 2 is 2.00 bits per heavy atom. The second-order valence-electron chi connectivity index (χ2n) is 5.14. The molecule has 1 aromatic carbocycles. The van der Waals surface area contributed by atoms with Gasteiger partial charge in [-0.3, -0.25) is 4.79 Å². The van der Waals surface area contributed by atoms with Crippen LogP contribution in [-0.4, -0.2) is 43.1 Å². The average molecular weight is 282 g/mol. The standard InChI is InChI=1S/C15H23FN2O2/c1-6-18(9-15(20)17(4)5)14-7-10(2)13(16)8-12(14)11(3)19/h7-8,11,19H,6,9H2,1-5H3. The van der Waals surface area contributed by atoms with Gasteiger partial charge >= 0.3 is 0 Å². The Morgan fingerprint density at radius 1 is 1.40 bits per heavy atom. The lowest BCUT2D eigenvalue weighted by Crippen LogP contribution is -2.37. The van der Waals surface area contributed by atoms with E-state index in [9.17, 15) is 14.3 Å². The molecule has 0 aliphatic heterocycles. The minimum Gasteiger partial charge on any atom is -0.389 e. The monoisotopic (exact) mass is 282 g/mol. The number of carbonyl (C=O) groups is 1. The molecule has 5 heteroatoms. The van der Waals surface area contributed by atoms with Gasteiger partial charge in [-0.15, -0.1) is 0 Å². The third kappa shape index (κ3) is 3.70. The van der Waals surface area contributed by atoms with Crippen molar-refractivity contribution in [3.63, 3.8) is 0 Å². The maximum atomic E-state index is 13.7. The van der Waals surface area contributed by atoms with E-state index in [-0.39, 0.29) is 18.3 Å². The van der Waals surface area contributed by atoms with Crippen molar-refractivity contribution in [3.05, 3.63) is 29.1 Å². The molecule has 0 fully saturated rings. The van der Waals surface area contributed by atoms with Crippen molar-refractivity contribution in [1.29, 1.82) is 0 Å². The van der Waals surface area contributed by atoms with Gasteiger partial charge in [-0.05, 0) is 38.5 Å². The first-order chi connectivity index (χ1) is 9.27. The molecule has 0 spiro atoms. The van der Waals surface area contributed by atoms with E-state index in [4.69, 9.17) is 0 Å². The van der Waals surface area contributed by atoms with Crippen molar-refractivity contribution in [2.24, 2.45) is 0 Å². The zero-order chi connectivity index (χ0) is 15.4. The summed E-state index contributed by atoms with van der Waals surface area (Å²) in [6.45, 7) is 5.99. The molecule has 1 amide bonds. The van der Waals surface area contributed by atoms with Gasteiger partial charge in [0.15, 0.2) is 0 Å². The van der Waals surface area contributed by atoms with Crippen molar-refractivity contribution in [3.8, 4) is 0 Å². The van der Waals surface area contributed by atoms with E-state index in [1.807, 2.05) is 11.8 Å². The van der Waals surface area contributed by atoms with E-state index in [0.29, 0.717) is 23.4 Å². The Kier molecular flexibility index (Phi) is 5.51. The van der Waals surface area contributed by atoms with Gasteiger partial charge in [-0.2, -0.15) is 0 Å². The lowest BCUT2D eigenvalue weighted by atomic mass is 10.0. The van der Waals surface area contributed by atoms with Gasteiger partial charge in [0, 0.05) is 31.9 Å². The molecule has 0 heterocycles. The van der Waals surface area contributed by atoms with Crippen LogP contribution in [0.4, 0.5) is 10.1 Å². The van der Waals surface area contributed by atoms with E-state index < -0.39 is 6.10 Å². The number of benzene rings is 1. The number of aliphatic hydroxyl groups is 1. The Morgan fingerprint density at radius 3 is 2.45 bits per heavy atom. The Balaban J connectivity index is 3.20. The predicted molar refractivity (Wildman–Crippen MR) is 78.4 cm³/mol. The maximum absolute atomic E-state index is 13.7. The molecule has 1 unspecified atom stereocenters. The third-order valence-electron chi connectivity index (χ3n) is 3.31. The maximum Gasteiger partial charge on any atom is 0.241 e. The smallest absolute Gasteiger partial charge is 0.241 e. The molecule has 0 aromatic heterocycles. The second kappa shape index (κ2) is 6.70. The number of nitrogens with zero attached hydrogens (tertiary/aromatic N) is 2. The third-order valence-corrected chi connectivity index (χ3v) is 3.31. The minimum atomic E-state index is -0.788. The predicted octanol–water partition coefficient (Wildman–Crippen LogP) is 2.10. The van der Waals surface area contributed by atoms with Gasteiger partial charge in [-0.1, -0.05) is 0 Å². The number of rotatable bonds is 5. The molecule has 0 saturated heterocycles. The lowest BCUT2D eigenvalue weighted by Gasteiger charge is -2.28. The highest BCUT2D eigenvalue weighted by molar-refractivity contribution is 5.81. The van der Waals surface area contributed by atoms with Crippen LogP contribution in [0.15, 0.2) is 12.1 Å². The zero-order valence-corrected chi connectivity index (χ0v) is 12.8. The van der Waals surface area contributed by atoms with Crippen LogP contribution in [0.25, 0.3) is 0 Å². The van der Waals surface area contributed by atoms with Crippen LogP contribution < -0.4 is 4.90 Å². The molecule has 1 atom stereocenters. The van der Waals surface area contributed by atoms with Crippen molar-refractivity contribution < 1.29 is 14.3 Å². The molecule has 0 saturated carbocycles. The molecule has 0 aliphatic carbocycles. The number of halogens is 1. The number of likely N-dealkylation sites (N-methyl/N-ethyl adjacent to an activating group) is 2. The van der Waals surface area contributed by atoms with Gasteiger partial charge in [0.1, 0.15) is 5.82 Å². The number of aryl methyl sites for hydroxylation is 1. The molecular formula is C15H23FN2O2. The molecule has 20 heavy (non-hydrogen) atoms. The molecule has 1 aromatic rings. The summed E-state index contributed by atoms with van der Waals surface area (Å²) in [5.41, 5.74) is 1.71. The van der Waals surface area contributed by atoms with Gasteiger partial charge in [-0.25, -0.2) is 4.39 Å². The van der Waals surface area contributed by atoms with Crippen LogP contribution >= 0.6 is 0 Å². The SMILES string of the molecule is CCN(CC(=O)N(C)C)c1cc(C)c(F)cc1C(C)O. The quantitative estimate of drug-likeness (QED) is 0.899. The van der Waals surface area contributed by atoms with Crippen molar-refractivity contribution in [2.75, 3.05) is 32.1 Å². The first kappa shape index (κ1) is 16.4. The second-order valence-corrected chi connectivity index (χ2v) is 5.14. The Labute approximate surface area is 119 Å². The highest BCUT2D eigenvalue weighted by Crippen LogP contribution is 2.29. The van der Waals surface area contributed by atoms with Gasteiger partial charge < -0.3 is 14.9 Å². The number of carbonyl (C=O) groups excluding carboxylic acids is 1.